The molecule has 4 nitrogen and oxygen atoms in total. The topological polar surface area (TPSA) is 53.7 Å². The molecule has 0 bridgehead atoms. The highest BCUT2D eigenvalue weighted by Crippen LogP contribution is 2.40. The van der Waals surface area contributed by atoms with E-state index in [1.807, 2.05) is 0 Å². The van der Waals surface area contributed by atoms with Crippen LogP contribution in [0.4, 0.5) is 13.2 Å². The van der Waals surface area contributed by atoms with Gasteiger partial charge in [-0.05, 0) is 30.2 Å². The number of likely N-dealkylation sites (tertiary alicyclic amines) is 1. The highest BCUT2D eigenvalue weighted by Gasteiger charge is 2.42. The molecule has 2 heterocycles. The molecule has 1 aliphatic heterocycles. The third-order valence-corrected chi connectivity index (χ3v) is 3.90. The lowest BCUT2D eigenvalue weighted by molar-refractivity contribution is -0.138. The fourth-order valence-corrected chi connectivity index (χ4v) is 2.92. The van der Waals surface area contributed by atoms with Gasteiger partial charge in [-0.25, -0.2) is 0 Å². The molecular formula is C16H14F3NO3. The van der Waals surface area contributed by atoms with Crippen LogP contribution >= 0.6 is 0 Å². The molecule has 7 heteroatoms. The number of carbonyl (C=O) groups excluding carboxylic acids is 1. The molecule has 0 unspecified atom stereocenters. The molecule has 1 saturated heterocycles. The first-order chi connectivity index (χ1) is 10.9. The van der Waals surface area contributed by atoms with E-state index in [1.54, 1.807) is 0 Å². The first-order valence-electron chi connectivity index (χ1n) is 7.06. The van der Waals surface area contributed by atoms with Crippen LogP contribution in [0.2, 0.25) is 0 Å². The molecule has 1 aliphatic rings. The number of aliphatic hydroxyl groups excluding tert-OH is 1. The second-order valence-electron chi connectivity index (χ2n) is 5.43. The van der Waals surface area contributed by atoms with Gasteiger partial charge in [0.15, 0.2) is 5.76 Å². The van der Waals surface area contributed by atoms with Gasteiger partial charge in [0.2, 0.25) is 0 Å². The van der Waals surface area contributed by atoms with Gasteiger partial charge in [0.1, 0.15) is 0 Å². The quantitative estimate of drug-likeness (QED) is 0.922. The Bertz CT molecular complexity index is 697. The molecule has 122 valence electrons. The normalized spacial score (nSPS) is 21.7. The number of rotatable bonds is 2. The van der Waals surface area contributed by atoms with Gasteiger partial charge in [-0.2, -0.15) is 13.2 Å². The Hall–Kier alpha value is -2.28. The van der Waals surface area contributed by atoms with Crippen molar-refractivity contribution in [1.82, 2.24) is 4.90 Å². The summed E-state index contributed by atoms with van der Waals surface area (Å²) in [6.07, 6.45) is -4.03. The first kappa shape index (κ1) is 15.6. The van der Waals surface area contributed by atoms with Crippen molar-refractivity contribution in [2.75, 3.05) is 6.54 Å². The Balaban J connectivity index is 2.00. The summed E-state index contributed by atoms with van der Waals surface area (Å²) < 4.78 is 44.7. The molecule has 0 aliphatic carbocycles. The van der Waals surface area contributed by atoms with Crippen LogP contribution in [-0.4, -0.2) is 28.6 Å². The number of hydrogen-bond donors (Lipinski definition) is 1. The van der Waals surface area contributed by atoms with Crippen molar-refractivity contribution >= 4 is 5.91 Å². The fourth-order valence-electron chi connectivity index (χ4n) is 2.92. The van der Waals surface area contributed by atoms with Gasteiger partial charge in [0.25, 0.3) is 5.91 Å². The molecule has 0 radical (unpaired) electrons. The summed E-state index contributed by atoms with van der Waals surface area (Å²) in [6.45, 7) is -0.0314. The van der Waals surface area contributed by atoms with Gasteiger partial charge >= 0.3 is 6.18 Å². The van der Waals surface area contributed by atoms with Crippen LogP contribution in [0.1, 0.15) is 34.1 Å². The maximum atomic E-state index is 13.2. The van der Waals surface area contributed by atoms with Gasteiger partial charge in [0, 0.05) is 6.54 Å². The van der Waals surface area contributed by atoms with Crippen LogP contribution in [0.3, 0.4) is 0 Å². The van der Waals surface area contributed by atoms with Gasteiger partial charge in [-0.3, -0.25) is 4.79 Å². The second kappa shape index (κ2) is 5.73. The first-order valence-corrected chi connectivity index (χ1v) is 7.06. The smallest absolute Gasteiger partial charge is 0.416 e. The number of benzene rings is 1. The molecular weight excluding hydrogens is 311 g/mol. The molecule has 1 aromatic heterocycles. The van der Waals surface area contributed by atoms with Crippen LogP contribution in [0.15, 0.2) is 47.1 Å². The van der Waals surface area contributed by atoms with E-state index in [4.69, 9.17) is 4.42 Å². The van der Waals surface area contributed by atoms with E-state index in [0.717, 1.165) is 6.07 Å². The third kappa shape index (κ3) is 2.96. The monoisotopic (exact) mass is 325 g/mol. The van der Waals surface area contributed by atoms with Crippen molar-refractivity contribution in [2.24, 2.45) is 0 Å². The number of β-amino-alcohol motifs (C(OH)–C–C–N with tert-alkyl or cyclic N) is 1. The maximum absolute atomic E-state index is 13.2. The zero-order chi connectivity index (χ0) is 16.6. The average molecular weight is 325 g/mol. The Morgan fingerprint density at radius 2 is 1.96 bits per heavy atom. The van der Waals surface area contributed by atoms with Crippen LogP contribution in [0, 0.1) is 0 Å². The molecule has 2 atom stereocenters. The maximum Gasteiger partial charge on any atom is 0.416 e. The lowest BCUT2D eigenvalue weighted by Crippen LogP contribution is -2.32. The molecule has 3 rings (SSSR count). The van der Waals surface area contributed by atoms with E-state index in [2.05, 4.69) is 0 Å². The minimum Gasteiger partial charge on any atom is -0.459 e. The number of nitrogens with zero attached hydrogens (tertiary/aromatic N) is 1. The van der Waals surface area contributed by atoms with Crippen LogP contribution in [-0.2, 0) is 6.18 Å². The van der Waals surface area contributed by atoms with Gasteiger partial charge < -0.3 is 14.4 Å². The summed E-state index contributed by atoms with van der Waals surface area (Å²) in [6, 6.07) is 7.24. The molecule has 0 saturated carbocycles. The van der Waals surface area contributed by atoms with E-state index < -0.39 is 29.8 Å². The number of carbonyl (C=O) groups is 1. The Morgan fingerprint density at radius 3 is 2.61 bits per heavy atom. The second-order valence-corrected chi connectivity index (χ2v) is 5.43. The zero-order valence-corrected chi connectivity index (χ0v) is 12.0. The Labute approximate surface area is 130 Å². The van der Waals surface area contributed by atoms with Crippen LogP contribution in [0.5, 0.6) is 0 Å². The van der Waals surface area contributed by atoms with Crippen molar-refractivity contribution in [3.05, 3.63) is 59.5 Å². The molecule has 0 spiro atoms. The van der Waals surface area contributed by atoms with Crippen LogP contribution < -0.4 is 0 Å². The van der Waals surface area contributed by atoms with E-state index in [1.165, 1.54) is 41.5 Å². The van der Waals surface area contributed by atoms with Crippen molar-refractivity contribution in [1.29, 1.82) is 0 Å². The van der Waals surface area contributed by atoms with Crippen molar-refractivity contribution in [3.63, 3.8) is 0 Å². The fraction of sp³-hybridized carbons (Fsp3) is 0.312. The number of alkyl halides is 3. The molecule has 1 N–H and O–H groups in total. The van der Waals surface area contributed by atoms with E-state index in [0.29, 0.717) is 0 Å². The zero-order valence-electron chi connectivity index (χ0n) is 12.0. The average Bonchev–Trinajstić information content (AvgIpc) is 3.15. The van der Waals surface area contributed by atoms with Gasteiger partial charge in [0.05, 0.1) is 24.0 Å². The Morgan fingerprint density at radius 1 is 1.22 bits per heavy atom. The predicted octanol–water partition coefficient (Wildman–Crippen LogP) is 3.25. The summed E-state index contributed by atoms with van der Waals surface area (Å²) in [7, 11) is 0. The number of hydrogen-bond acceptors (Lipinski definition) is 3. The number of furan rings is 1. The van der Waals surface area contributed by atoms with Gasteiger partial charge in [-0.1, -0.05) is 18.2 Å². The molecule has 1 fully saturated rings. The van der Waals surface area contributed by atoms with Crippen LogP contribution in [0.25, 0.3) is 0 Å². The van der Waals surface area contributed by atoms with E-state index in [9.17, 15) is 23.1 Å². The molecule has 1 amide bonds. The summed E-state index contributed by atoms with van der Waals surface area (Å²) in [5, 5.41) is 9.87. The number of amides is 1. The summed E-state index contributed by atoms with van der Waals surface area (Å²) in [5.74, 6) is -0.498. The molecule has 2 aromatic rings. The summed E-state index contributed by atoms with van der Waals surface area (Å²) >= 11 is 0. The highest BCUT2D eigenvalue weighted by molar-refractivity contribution is 5.92. The van der Waals surface area contributed by atoms with Gasteiger partial charge in [-0.15, -0.1) is 0 Å². The van der Waals surface area contributed by atoms with Crippen molar-refractivity contribution in [3.8, 4) is 0 Å². The minimum atomic E-state index is -4.52. The standard InChI is InChI=1S/C16H14F3NO3/c17-16(18,19)12-5-2-1-4-11(12)13-8-10(21)9-20(13)15(22)14-6-3-7-23-14/h1-7,10,13,21H,8-9H2/t10-,13-/m0/s1. The third-order valence-electron chi connectivity index (χ3n) is 3.90. The lowest BCUT2D eigenvalue weighted by atomic mass is 9.97. The molecule has 1 aromatic carbocycles. The van der Waals surface area contributed by atoms with E-state index >= 15 is 0 Å². The highest BCUT2D eigenvalue weighted by atomic mass is 19.4. The lowest BCUT2D eigenvalue weighted by Gasteiger charge is -2.26. The van der Waals surface area contributed by atoms with Crippen molar-refractivity contribution in [2.45, 2.75) is 24.7 Å². The summed E-state index contributed by atoms with van der Waals surface area (Å²) in [4.78, 5) is 13.7. The minimum absolute atomic E-state index is 0.0172. The van der Waals surface area contributed by atoms with Crippen molar-refractivity contribution < 1.29 is 27.5 Å². The largest absolute Gasteiger partial charge is 0.459 e. The summed E-state index contributed by atoms with van der Waals surface area (Å²) in [5.41, 5.74) is -0.812. The number of aliphatic hydroxyl groups is 1. The Kier molecular flexibility index (Phi) is 3.89. The van der Waals surface area contributed by atoms with E-state index in [-0.39, 0.29) is 24.3 Å². The predicted molar refractivity (Wildman–Crippen MR) is 74.6 cm³/mol. The SMILES string of the molecule is O=C(c1ccco1)N1C[C@@H](O)C[C@H]1c1ccccc1C(F)(F)F. The molecule has 23 heavy (non-hydrogen) atoms. The number of halogens is 3.